The Morgan fingerprint density at radius 3 is 2.68 bits per heavy atom. The van der Waals surface area contributed by atoms with Gasteiger partial charge in [0, 0.05) is 42.6 Å². The summed E-state index contributed by atoms with van der Waals surface area (Å²) in [6, 6.07) is 16.9. The van der Waals surface area contributed by atoms with Gasteiger partial charge in [0.25, 0.3) is 5.91 Å². The normalized spacial score (nSPS) is 27.2. The third-order valence-electron chi connectivity index (χ3n) is 7.71. The molecule has 1 saturated carbocycles. The van der Waals surface area contributed by atoms with Crippen molar-refractivity contribution in [2.24, 2.45) is 11.8 Å². The molecular formula is C29H38N2O3. The lowest BCUT2D eigenvalue weighted by Crippen LogP contribution is -2.61. The van der Waals surface area contributed by atoms with Crippen LogP contribution in [0.1, 0.15) is 49.0 Å². The third-order valence-corrected chi connectivity index (χ3v) is 7.71. The molecule has 2 aromatic rings. The second kappa shape index (κ2) is 10.3. The molecule has 4 atom stereocenters. The lowest BCUT2D eigenvalue weighted by Gasteiger charge is -2.56. The van der Waals surface area contributed by atoms with Crippen molar-refractivity contribution >= 4 is 5.91 Å². The first kappa shape index (κ1) is 24.5. The van der Waals surface area contributed by atoms with Crippen LogP contribution in [0, 0.1) is 11.8 Å². The van der Waals surface area contributed by atoms with Crippen LogP contribution in [0.2, 0.25) is 0 Å². The molecule has 4 rings (SSSR count). The van der Waals surface area contributed by atoms with Crippen LogP contribution >= 0.6 is 0 Å². The number of aliphatic hydroxyl groups is 1. The second-order valence-corrected chi connectivity index (χ2v) is 10.5. The smallest absolute Gasteiger partial charge is 0.254 e. The van der Waals surface area contributed by atoms with E-state index in [1.807, 2.05) is 53.4 Å². The van der Waals surface area contributed by atoms with Crippen molar-refractivity contribution in [2.45, 2.75) is 50.7 Å². The summed E-state index contributed by atoms with van der Waals surface area (Å²) >= 11 is 0. The molecule has 5 nitrogen and oxygen atoms in total. The zero-order valence-corrected chi connectivity index (χ0v) is 20.4. The van der Waals surface area contributed by atoms with Crippen LogP contribution in [0.25, 0.3) is 0 Å². The van der Waals surface area contributed by atoms with E-state index in [0.29, 0.717) is 24.4 Å². The largest absolute Gasteiger partial charge is 0.508 e. The van der Waals surface area contributed by atoms with E-state index in [-0.39, 0.29) is 29.0 Å². The predicted molar refractivity (Wildman–Crippen MR) is 136 cm³/mol. The van der Waals surface area contributed by atoms with Crippen molar-refractivity contribution in [1.29, 1.82) is 0 Å². The molecule has 2 aromatic carbocycles. The van der Waals surface area contributed by atoms with Crippen molar-refractivity contribution in [2.75, 3.05) is 26.2 Å². The van der Waals surface area contributed by atoms with Crippen LogP contribution in [0.4, 0.5) is 0 Å². The zero-order chi connectivity index (χ0) is 24.3. The number of phenolic OH excluding ortho intramolecular Hbond substituents is 1. The minimum absolute atomic E-state index is 0.0279. The minimum atomic E-state index is -0.535. The minimum Gasteiger partial charge on any atom is -0.508 e. The summed E-state index contributed by atoms with van der Waals surface area (Å²) in [6.45, 7) is 11.3. The van der Waals surface area contributed by atoms with E-state index in [4.69, 9.17) is 0 Å². The van der Waals surface area contributed by atoms with Crippen molar-refractivity contribution in [3.8, 4) is 5.75 Å². The number of phenols is 1. The molecule has 0 bridgehead atoms. The Labute approximate surface area is 203 Å². The van der Waals surface area contributed by atoms with Crippen LogP contribution in [0.5, 0.6) is 5.75 Å². The monoisotopic (exact) mass is 462 g/mol. The van der Waals surface area contributed by atoms with Gasteiger partial charge in [0.15, 0.2) is 0 Å². The first-order chi connectivity index (χ1) is 16.3. The van der Waals surface area contributed by atoms with Gasteiger partial charge in [0.2, 0.25) is 0 Å². The molecule has 1 aliphatic carbocycles. The molecular weight excluding hydrogens is 424 g/mol. The highest BCUT2D eigenvalue weighted by atomic mass is 16.3. The summed E-state index contributed by atoms with van der Waals surface area (Å²) in [5, 5.41) is 21.9. The summed E-state index contributed by atoms with van der Waals surface area (Å²) in [7, 11) is 0. The van der Waals surface area contributed by atoms with E-state index in [2.05, 4.69) is 31.4 Å². The van der Waals surface area contributed by atoms with Gasteiger partial charge < -0.3 is 15.1 Å². The second-order valence-electron chi connectivity index (χ2n) is 10.5. The zero-order valence-electron chi connectivity index (χ0n) is 20.4. The first-order valence-corrected chi connectivity index (χ1v) is 12.5. The molecule has 1 saturated heterocycles. The lowest BCUT2D eigenvalue weighted by molar-refractivity contribution is -0.0630. The van der Waals surface area contributed by atoms with E-state index in [1.165, 1.54) is 0 Å². The predicted octanol–water partition coefficient (Wildman–Crippen LogP) is 4.46. The molecule has 1 heterocycles. The van der Waals surface area contributed by atoms with Crippen molar-refractivity contribution < 1.29 is 15.0 Å². The Kier molecular flexibility index (Phi) is 7.44. The third kappa shape index (κ3) is 4.91. The molecule has 2 aliphatic rings. The Balaban J connectivity index is 1.72. The fraction of sp³-hybridized carbons (Fsp3) is 0.483. The average molecular weight is 463 g/mol. The van der Waals surface area contributed by atoms with Crippen LogP contribution in [-0.2, 0) is 5.41 Å². The maximum absolute atomic E-state index is 13.7. The number of hydrogen-bond donors (Lipinski definition) is 2. The van der Waals surface area contributed by atoms with Gasteiger partial charge in [-0.25, -0.2) is 0 Å². The number of aliphatic hydroxyl groups excluding tert-OH is 1. The summed E-state index contributed by atoms with van der Waals surface area (Å²) in [6.07, 6.45) is 3.61. The van der Waals surface area contributed by atoms with Crippen LogP contribution in [0.15, 0.2) is 67.3 Å². The molecule has 0 aromatic heterocycles. The number of nitrogens with zero attached hydrogens (tertiary/aromatic N) is 2. The van der Waals surface area contributed by atoms with Crippen molar-refractivity contribution in [3.63, 3.8) is 0 Å². The highest BCUT2D eigenvalue weighted by molar-refractivity contribution is 5.94. The van der Waals surface area contributed by atoms with E-state index in [0.717, 1.165) is 38.0 Å². The molecule has 2 fully saturated rings. The average Bonchev–Trinajstić information content (AvgIpc) is 2.83. The van der Waals surface area contributed by atoms with E-state index in [9.17, 15) is 15.0 Å². The number of carbonyl (C=O) groups excluding carboxylic acids is 1. The van der Waals surface area contributed by atoms with Gasteiger partial charge >= 0.3 is 0 Å². The fourth-order valence-electron chi connectivity index (χ4n) is 6.19. The Hall–Kier alpha value is -2.63. The molecule has 4 unspecified atom stereocenters. The molecule has 1 amide bonds. The Bertz CT molecular complexity index is 992. The van der Waals surface area contributed by atoms with Crippen molar-refractivity contribution in [3.05, 3.63) is 78.4 Å². The van der Waals surface area contributed by atoms with Gasteiger partial charge in [-0.15, -0.1) is 6.58 Å². The van der Waals surface area contributed by atoms with E-state index in [1.54, 1.807) is 6.07 Å². The lowest BCUT2D eigenvalue weighted by atomic mass is 9.56. The van der Waals surface area contributed by atoms with Gasteiger partial charge in [-0.3, -0.25) is 9.69 Å². The first-order valence-electron chi connectivity index (χ1n) is 12.5. The van der Waals surface area contributed by atoms with Gasteiger partial charge in [0.1, 0.15) is 5.75 Å². The molecule has 0 spiro atoms. The highest BCUT2D eigenvalue weighted by Gasteiger charge is 2.53. The topological polar surface area (TPSA) is 64.0 Å². The number of hydrogen-bond acceptors (Lipinski definition) is 4. The molecule has 1 aliphatic heterocycles. The van der Waals surface area contributed by atoms with Gasteiger partial charge in [0.05, 0.1) is 6.10 Å². The van der Waals surface area contributed by atoms with Crippen LogP contribution < -0.4 is 0 Å². The number of fused-ring (bicyclic) bond motifs is 1. The number of piperidine rings is 1. The summed E-state index contributed by atoms with van der Waals surface area (Å²) in [5.74, 6) is 0.621. The quantitative estimate of drug-likeness (QED) is 0.597. The number of carbonyl (C=O) groups is 1. The summed E-state index contributed by atoms with van der Waals surface area (Å²) in [5.41, 5.74) is 1.45. The molecule has 182 valence electrons. The van der Waals surface area contributed by atoms with Gasteiger partial charge in [-0.2, -0.15) is 0 Å². The van der Waals surface area contributed by atoms with Crippen LogP contribution in [-0.4, -0.2) is 64.2 Å². The summed E-state index contributed by atoms with van der Waals surface area (Å²) in [4.78, 5) is 18.0. The van der Waals surface area contributed by atoms with E-state index < -0.39 is 6.10 Å². The van der Waals surface area contributed by atoms with Gasteiger partial charge in [-0.05, 0) is 61.6 Å². The Morgan fingerprint density at radius 2 is 2.00 bits per heavy atom. The van der Waals surface area contributed by atoms with Crippen LogP contribution in [0.3, 0.4) is 0 Å². The fourth-order valence-corrected chi connectivity index (χ4v) is 6.19. The Morgan fingerprint density at radius 1 is 1.24 bits per heavy atom. The number of aromatic hydroxyl groups is 1. The SMILES string of the molecule is C=CCN1CCC2(c3cccc(O)c3)CC(N(CC(C)C)C(=O)c3ccccc3)CC(O)C2C1. The standard InChI is InChI=1S/C29H38N2O3/c1-4-14-30-15-13-29(23-11-8-12-25(32)16-23)18-24(17-27(33)26(29)20-30)31(19-21(2)3)28(34)22-9-6-5-7-10-22/h4-12,16,21,24,26-27,32-33H,1,13-15,17-20H2,2-3H3. The maximum Gasteiger partial charge on any atom is 0.254 e. The molecule has 0 radical (unpaired) electrons. The number of amides is 1. The molecule has 5 heteroatoms. The van der Waals surface area contributed by atoms with E-state index >= 15 is 0 Å². The number of rotatable bonds is 7. The number of likely N-dealkylation sites (tertiary alicyclic amines) is 1. The molecule has 34 heavy (non-hydrogen) atoms. The number of benzene rings is 2. The maximum atomic E-state index is 13.7. The van der Waals surface area contributed by atoms with Crippen molar-refractivity contribution in [1.82, 2.24) is 9.80 Å². The summed E-state index contributed by atoms with van der Waals surface area (Å²) < 4.78 is 0. The van der Waals surface area contributed by atoms with Gasteiger partial charge in [-0.1, -0.05) is 50.3 Å². The molecule has 2 N–H and O–H groups in total. The highest BCUT2D eigenvalue weighted by Crippen LogP contribution is 2.50.